The van der Waals surface area contributed by atoms with Crippen LogP contribution in [0.3, 0.4) is 0 Å². The molecule has 1 saturated carbocycles. The van der Waals surface area contributed by atoms with Gasteiger partial charge in [0.2, 0.25) is 5.91 Å². The fourth-order valence-corrected chi connectivity index (χ4v) is 5.22. The molecule has 1 unspecified atom stereocenters. The number of methoxy groups -OCH3 is 1. The normalized spacial score (nSPS) is 19.6. The van der Waals surface area contributed by atoms with E-state index in [-0.39, 0.29) is 29.5 Å². The van der Waals surface area contributed by atoms with Gasteiger partial charge in [-0.05, 0) is 67.2 Å². The van der Waals surface area contributed by atoms with Crippen LogP contribution in [0.25, 0.3) is 0 Å². The minimum atomic E-state index is -0.673. The molecule has 0 bridgehead atoms. The predicted octanol–water partition coefficient (Wildman–Crippen LogP) is 4.78. The first-order valence-corrected chi connectivity index (χ1v) is 11.9. The van der Waals surface area contributed by atoms with Crippen molar-refractivity contribution in [2.45, 2.75) is 56.4 Å². The van der Waals surface area contributed by atoms with E-state index in [0.717, 1.165) is 24.0 Å². The topological polar surface area (TPSA) is 63.7 Å². The molecule has 1 saturated heterocycles. The van der Waals surface area contributed by atoms with Gasteiger partial charge in [0, 0.05) is 13.0 Å². The molecule has 2 aromatic carbocycles. The number of ether oxygens (including phenoxy) is 1. The maximum absolute atomic E-state index is 13.9. The number of allylic oxidation sites excluding steroid dienone is 1. The van der Waals surface area contributed by atoms with E-state index in [0.29, 0.717) is 44.2 Å². The molecular formula is C28H30FNO4. The summed E-state index contributed by atoms with van der Waals surface area (Å²) in [5.41, 5.74) is 1.58. The molecule has 1 aliphatic carbocycles. The van der Waals surface area contributed by atoms with E-state index in [2.05, 4.69) is 0 Å². The maximum atomic E-state index is 13.9. The highest BCUT2D eigenvalue weighted by molar-refractivity contribution is 5.99. The molecule has 4 rings (SSSR count). The number of halogens is 1. The monoisotopic (exact) mass is 463 g/mol. The third kappa shape index (κ3) is 4.96. The summed E-state index contributed by atoms with van der Waals surface area (Å²) in [4.78, 5) is 39.3. The molecule has 178 valence electrons. The van der Waals surface area contributed by atoms with Gasteiger partial charge in [-0.15, -0.1) is 0 Å². The molecule has 0 N–H and O–H groups in total. The Morgan fingerprint density at radius 2 is 1.88 bits per heavy atom. The third-order valence-corrected chi connectivity index (χ3v) is 7.17. The van der Waals surface area contributed by atoms with Crippen LogP contribution in [0.2, 0.25) is 0 Å². The van der Waals surface area contributed by atoms with E-state index < -0.39 is 5.41 Å². The van der Waals surface area contributed by atoms with E-state index in [1.807, 2.05) is 29.2 Å². The molecule has 2 aromatic rings. The van der Waals surface area contributed by atoms with E-state index in [1.54, 1.807) is 24.3 Å². The van der Waals surface area contributed by atoms with Gasteiger partial charge in [0.15, 0.2) is 5.78 Å². The number of carbonyl (C=O) groups excluding carboxylic acids is 3. The maximum Gasteiger partial charge on any atom is 0.337 e. The molecule has 0 spiro atoms. The Labute approximate surface area is 199 Å². The first kappa shape index (κ1) is 23.9. The number of carbonyl (C=O) groups is 3. The number of likely N-dealkylation sites (tertiary alicyclic amines) is 1. The zero-order valence-electron chi connectivity index (χ0n) is 19.5. The molecule has 1 amide bonds. The number of ketones is 1. The molecule has 6 heteroatoms. The zero-order chi connectivity index (χ0) is 24.1. The molecule has 5 nitrogen and oxygen atoms in total. The number of benzene rings is 2. The fraction of sp³-hybridized carbons (Fsp3) is 0.393. The van der Waals surface area contributed by atoms with Crippen LogP contribution >= 0.6 is 0 Å². The van der Waals surface area contributed by atoms with Crippen molar-refractivity contribution in [3.8, 4) is 0 Å². The second-order valence-corrected chi connectivity index (χ2v) is 9.15. The van der Waals surface area contributed by atoms with Crippen LogP contribution in [0.5, 0.6) is 0 Å². The van der Waals surface area contributed by atoms with Crippen LogP contribution in [0.15, 0.2) is 60.7 Å². The molecular weight excluding hydrogens is 433 g/mol. The molecule has 1 aliphatic heterocycles. The van der Waals surface area contributed by atoms with Crippen molar-refractivity contribution < 1.29 is 23.5 Å². The summed E-state index contributed by atoms with van der Waals surface area (Å²) >= 11 is 0. The summed E-state index contributed by atoms with van der Waals surface area (Å²) in [6.45, 7) is 0.536. The van der Waals surface area contributed by atoms with Crippen molar-refractivity contribution in [2.75, 3.05) is 13.7 Å². The average molecular weight is 464 g/mol. The van der Waals surface area contributed by atoms with Crippen molar-refractivity contribution in [3.05, 3.63) is 83.2 Å². The van der Waals surface area contributed by atoms with E-state index in [9.17, 15) is 18.8 Å². The first-order chi connectivity index (χ1) is 16.4. The summed E-state index contributed by atoms with van der Waals surface area (Å²) < 4.78 is 18.6. The zero-order valence-corrected chi connectivity index (χ0v) is 19.5. The highest BCUT2D eigenvalue weighted by Gasteiger charge is 2.41. The van der Waals surface area contributed by atoms with E-state index >= 15 is 0 Å². The Balaban J connectivity index is 1.43. The van der Waals surface area contributed by atoms with Crippen LogP contribution in [0.4, 0.5) is 4.39 Å². The molecule has 2 fully saturated rings. The molecule has 0 aromatic heterocycles. The number of nitrogens with zero attached hydrogens (tertiary/aromatic N) is 1. The number of rotatable bonds is 8. The van der Waals surface area contributed by atoms with Gasteiger partial charge in [0.1, 0.15) is 5.82 Å². The van der Waals surface area contributed by atoms with Gasteiger partial charge < -0.3 is 9.64 Å². The van der Waals surface area contributed by atoms with Gasteiger partial charge in [0.05, 0.1) is 24.1 Å². The highest BCUT2D eigenvalue weighted by atomic mass is 19.1. The van der Waals surface area contributed by atoms with Gasteiger partial charge in [0.25, 0.3) is 0 Å². The van der Waals surface area contributed by atoms with Crippen molar-refractivity contribution in [2.24, 2.45) is 0 Å². The van der Waals surface area contributed by atoms with Crippen LogP contribution in [-0.4, -0.2) is 42.3 Å². The summed E-state index contributed by atoms with van der Waals surface area (Å²) in [5, 5.41) is 0. The number of hydrogen-bond acceptors (Lipinski definition) is 4. The second kappa shape index (κ2) is 10.3. The predicted molar refractivity (Wildman–Crippen MR) is 127 cm³/mol. The van der Waals surface area contributed by atoms with Gasteiger partial charge in [-0.2, -0.15) is 0 Å². The Kier molecular flexibility index (Phi) is 7.25. The fourth-order valence-electron chi connectivity index (χ4n) is 5.22. The quantitative estimate of drug-likeness (QED) is 0.417. The van der Waals surface area contributed by atoms with Crippen LogP contribution < -0.4 is 0 Å². The number of hydrogen-bond donors (Lipinski definition) is 0. The van der Waals surface area contributed by atoms with Crippen molar-refractivity contribution in [3.63, 3.8) is 0 Å². The number of esters is 1. The lowest BCUT2D eigenvalue weighted by Crippen LogP contribution is -2.35. The Bertz CT molecular complexity index is 1090. The van der Waals surface area contributed by atoms with Gasteiger partial charge in [-0.25, -0.2) is 9.18 Å². The van der Waals surface area contributed by atoms with Crippen LogP contribution in [-0.2, 0) is 26.2 Å². The average Bonchev–Trinajstić information content (AvgIpc) is 3.49. The minimum absolute atomic E-state index is 0.00621. The molecule has 0 radical (unpaired) electrons. The number of amides is 1. The second-order valence-electron chi connectivity index (χ2n) is 9.15. The first-order valence-electron chi connectivity index (χ1n) is 11.9. The summed E-state index contributed by atoms with van der Waals surface area (Å²) in [5.74, 6) is -0.635. The van der Waals surface area contributed by atoms with Gasteiger partial charge in [-0.3, -0.25) is 9.59 Å². The lowest BCUT2D eigenvalue weighted by molar-refractivity contribution is -0.128. The van der Waals surface area contributed by atoms with Crippen LogP contribution in [0.1, 0.15) is 60.0 Å². The van der Waals surface area contributed by atoms with Crippen LogP contribution in [0, 0.1) is 5.82 Å². The molecule has 2 aliphatic rings. The summed E-state index contributed by atoms with van der Waals surface area (Å²) in [6, 6.07) is 13.4. The SMILES string of the molecule is COC(=O)c1ccc(CCN2C(=O)CCC2C=CC(=O)C2(c3cccc(F)c3)CCCC2)cc1. The molecule has 34 heavy (non-hydrogen) atoms. The van der Waals surface area contributed by atoms with Gasteiger partial charge in [-0.1, -0.05) is 43.2 Å². The van der Waals surface area contributed by atoms with E-state index in [4.69, 9.17) is 4.74 Å². The van der Waals surface area contributed by atoms with E-state index in [1.165, 1.54) is 19.2 Å². The highest BCUT2D eigenvalue weighted by Crippen LogP contribution is 2.42. The Hall–Kier alpha value is -3.28. The summed E-state index contributed by atoms with van der Waals surface area (Å²) in [7, 11) is 1.35. The van der Waals surface area contributed by atoms with Crippen molar-refractivity contribution in [1.82, 2.24) is 4.90 Å². The molecule has 1 heterocycles. The van der Waals surface area contributed by atoms with Crippen molar-refractivity contribution in [1.29, 1.82) is 0 Å². The van der Waals surface area contributed by atoms with Gasteiger partial charge >= 0.3 is 5.97 Å². The summed E-state index contributed by atoms with van der Waals surface area (Å²) in [6.07, 6.45) is 8.58. The largest absolute Gasteiger partial charge is 0.465 e. The minimum Gasteiger partial charge on any atom is -0.465 e. The standard InChI is InChI=1S/C28H30FNO4/c1-34-27(33)21-9-7-20(8-10-21)15-18-30-24(12-14-26(30)32)11-13-25(31)28(16-2-3-17-28)22-5-4-6-23(29)19-22/h4-11,13,19,24H,2-3,12,14-18H2,1H3. The Morgan fingerprint density at radius 1 is 1.15 bits per heavy atom. The smallest absolute Gasteiger partial charge is 0.337 e. The van der Waals surface area contributed by atoms with Crippen molar-refractivity contribution >= 4 is 17.7 Å². The third-order valence-electron chi connectivity index (χ3n) is 7.17. The lowest BCUT2D eigenvalue weighted by atomic mass is 9.75. The molecule has 1 atom stereocenters. The lowest BCUT2D eigenvalue weighted by Gasteiger charge is -2.27. The Morgan fingerprint density at radius 3 is 2.56 bits per heavy atom.